The maximum Gasteiger partial charge on any atom is 0.459 e. The zero-order valence-electron chi connectivity index (χ0n) is 9.28. The highest BCUT2D eigenvalue weighted by Crippen LogP contribution is 2.55. The Morgan fingerprint density at radius 3 is 1.75 bits per heavy atom. The largest absolute Gasteiger partial charge is 0.459 e. The zero-order chi connectivity index (χ0) is 16.1. The van der Waals surface area contributed by atoms with Crippen LogP contribution in [0.15, 0.2) is 0 Å². The number of aliphatic hydroxyl groups excluding tert-OH is 3. The molecular weight excluding hydrogens is 309 g/mol. The van der Waals surface area contributed by atoms with Crippen molar-refractivity contribution in [2.24, 2.45) is 0 Å². The quantitative estimate of drug-likeness (QED) is 0.533. The van der Waals surface area contributed by atoms with E-state index in [0.29, 0.717) is 0 Å². The molecular formula is C8H9F7O5. The van der Waals surface area contributed by atoms with Gasteiger partial charge in [-0.15, -0.1) is 0 Å². The summed E-state index contributed by atoms with van der Waals surface area (Å²) in [5, 5.41) is 36.0. The molecule has 4 N–H and O–H groups in total. The summed E-state index contributed by atoms with van der Waals surface area (Å²) < 4.78 is 92.3. The summed E-state index contributed by atoms with van der Waals surface area (Å²) >= 11 is 0. The van der Waals surface area contributed by atoms with E-state index in [4.69, 9.17) is 15.3 Å². The number of ether oxygens (including phenoxy) is 1. The summed E-state index contributed by atoms with van der Waals surface area (Å²) in [7, 11) is 0. The lowest BCUT2D eigenvalue weighted by Gasteiger charge is -2.40. The molecule has 1 heterocycles. The lowest BCUT2D eigenvalue weighted by molar-refractivity contribution is -0.406. The van der Waals surface area contributed by atoms with Crippen LogP contribution in [-0.2, 0) is 4.74 Å². The Morgan fingerprint density at radius 2 is 1.45 bits per heavy atom. The fourth-order valence-electron chi connectivity index (χ4n) is 1.69. The van der Waals surface area contributed by atoms with E-state index in [-0.39, 0.29) is 0 Å². The van der Waals surface area contributed by atoms with E-state index in [0.717, 1.165) is 0 Å². The van der Waals surface area contributed by atoms with Gasteiger partial charge in [-0.1, -0.05) is 0 Å². The Hall–Kier alpha value is -0.690. The minimum atomic E-state index is -6.76. The van der Waals surface area contributed by atoms with E-state index in [1.165, 1.54) is 0 Å². The molecule has 4 atom stereocenters. The van der Waals surface area contributed by atoms with E-state index in [1.807, 2.05) is 0 Å². The van der Waals surface area contributed by atoms with Crippen molar-refractivity contribution in [3.63, 3.8) is 0 Å². The third-order valence-electron chi connectivity index (χ3n) is 2.92. The average Bonchev–Trinajstić information content (AvgIpc) is 2.52. The van der Waals surface area contributed by atoms with Gasteiger partial charge in [0.05, 0.1) is 6.61 Å². The predicted molar refractivity (Wildman–Crippen MR) is 44.9 cm³/mol. The first-order valence-corrected chi connectivity index (χ1v) is 4.92. The van der Waals surface area contributed by atoms with Crippen LogP contribution >= 0.6 is 0 Å². The molecule has 0 aliphatic carbocycles. The van der Waals surface area contributed by atoms with E-state index < -0.39 is 48.7 Å². The number of halogens is 7. The van der Waals surface area contributed by atoms with Crippen molar-refractivity contribution >= 4 is 0 Å². The van der Waals surface area contributed by atoms with Gasteiger partial charge in [0.1, 0.15) is 12.2 Å². The smallest absolute Gasteiger partial charge is 0.394 e. The molecule has 0 amide bonds. The van der Waals surface area contributed by atoms with Crippen molar-refractivity contribution in [3.8, 4) is 0 Å². The first-order valence-electron chi connectivity index (χ1n) is 4.92. The minimum absolute atomic E-state index is 1.31. The number of hydrogen-bond donors (Lipinski definition) is 4. The summed E-state index contributed by atoms with van der Waals surface area (Å²) in [6, 6.07) is 0. The Labute approximate surface area is 106 Å². The molecule has 0 aromatic rings. The summed E-state index contributed by atoms with van der Waals surface area (Å²) in [5.41, 5.74) is -4.65. The van der Waals surface area contributed by atoms with Crippen LogP contribution < -0.4 is 0 Å². The summed E-state index contributed by atoms with van der Waals surface area (Å²) in [6.07, 6.45) is -15.3. The van der Waals surface area contributed by atoms with Crippen molar-refractivity contribution in [3.05, 3.63) is 0 Å². The normalized spacial score (nSPS) is 36.5. The predicted octanol–water partition coefficient (Wildman–Crippen LogP) is -0.379. The molecule has 120 valence electrons. The number of rotatable bonds is 3. The molecule has 1 rings (SSSR count). The van der Waals surface area contributed by atoms with Gasteiger partial charge in [-0.25, -0.2) is 0 Å². The van der Waals surface area contributed by atoms with Gasteiger partial charge in [-0.2, -0.15) is 30.7 Å². The molecule has 0 aromatic heterocycles. The Bertz CT molecular complexity index is 373. The van der Waals surface area contributed by atoms with Crippen LogP contribution in [-0.4, -0.2) is 69.2 Å². The summed E-state index contributed by atoms with van der Waals surface area (Å²) in [4.78, 5) is 0. The number of hydrogen-bond acceptors (Lipinski definition) is 5. The lowest BCUT2D eigenvalue weighted by atomic mass is 9.84. The maximum absolute atomic E-state index is 13.4. The molecule has 1 fully saturated rings. The van der Waals surface area contributed by atoms with Gasteiger partial charge in [-0.05, 0) is 0 Å². The van der Waals surface area contributed by atoms with Gasteiger partial charge < -0.3 is 25.2 Å². The lowest BCUT2D eigenvalue weighted by Crippen LogP contribution is -2.71. The molecule has 0 bridgehead atoms. The van der Waals surface area contributed by atoms with Crippen LogP contribution in [0.25, 0.3) is 0 Å². The molecule has 20 heavy (non-hydrogen) atoms. The van der Waals surface area contributed by atoms with E-state index in [2.05, 4.69) is 4.74 Å². The van der Waals surface area contributed by atoms with Gasteiger partial charge >= 0.3 is 18.0 Å². The van der Waals surface area contributed by atoms with Crippen molar-refractivity contribution < 1.29 is 55.9 Å². The fraction of sp³-hybridized carbons (Fsp3) is 1.00. The molecule has 1 aliphatic rings. The van der Waals surface area contributed by atoms with E-state index in [1.54, 1.807) is 0 Å². The molecule has 1 saturated heterocycles. The van der Waals surface area contributed by atoms with Gasteiger partial charge in [-0.3, -0.25) is 0 Å². The minimum Gasteiger partial charge on any atom is -0.394 e. The second-order valence-corrected chi connectivity index (χ2v) is 4.13. The topological polar surface area (TPSA) is 90.2 Å². The first-order chi connectivity index (χ1) is 8.75. The van der Waals surface area contributed by atoms with Crippen LogP contribution in [0.4, 0.5) is 30.7 Å². The third-order valence-corrected chi connectivity index (χ3v) is 2.92. The van der Waals surface area contributed by atoms with Gasteiger partial charge in [0.2, 0.25) is 5.60 Å². The van der Waals surface area contributed by atoms with E-state index in [9.17, 15) is 35.8 Å². The monoisotopic (exact) mass is 318 g/mol. The van der Waals surface area contributed by atoms with Crippen molar-refractivity contribution in [2.75, 3.05) is 6.61 Å². The van der Waals surface area contributed by atoms with Gasteiger partial charge in [0.25, 0.3) is 0 Å². The first kappa shape index (κ1) is 17.4. The zero-order valence-corrected chi connectivity index (χ0v) is 9.28. The van der Waals surface area contributed by atoms with Gasteiger partial charge in [0, 0.05) is 0 Å². The third kappa shape index (κ3) is 1.97. The van der Waals surface area contributed by atoms with Crippen molar-refractivity contribution in [1.82, 2.24) is 0 Å². The molecule has 0 saturated carbocycles. The number of alkyl halides is 7. The fourth-order valence-corrected chi connectivity index (χ4v) is 1.69. The summed E-state index contributed by atoms with van der Waals surface area (Å²) in [6.45, 7) is -1.31. The highest BCUT2D eigenvalue weighted by atomic mass is 19.4. The van der Waals surface area contributed by atoms with Gasteiger partial charge in [0.15, 0.2) is 6.29 Å². The highest BCUT2D eigenvalue weighted by Gasteiger charge is 2.84. The van der Waals surface area contributed by atoms with Crippen molar-refractivity contribution in [2.45, 2.75) is 42.1 Å². The average molecular weight is 318 g/mol. The summed E-state index contributed by atoms with van der Waals surface area (Å²) in [5.74, 6) is -13.1. The van der Waals surface area contributed by atoms with Crippen LogP contribution in [0.5, 0.6) is 0 Å². The number of aliphatic hydroxyl groups is 4. The molecule has 4 unspecified atom stereocenters. The molecule has 12 heteroatoms. The highest BCUT2D eigenvalue weighted by molar-refractivity contribution is 5.14. The second kappa shape index (κ2) is 4.66. The van der Waals surface area contributed by atoms with Crippen LogP contribution in [0.1, 0.15) is 0 Å². The molecule has 0 radical (unpaired) electrons. The Morgan fingerprint density at radius 1 is 1.00 bits per heavy atom. The molecule has 5 nitrogen and oxygen atoms in total. The standard InChI is InChI=1S/C8H9F7O5/c9-6(10,7(11,12)8(13,14)15)5(19)3(17)2(1-16)20-4(5)18/h2-4,16-19H,1H2. The second-order valence-electron chi connectivity index (χ2n) is 4.13. The van der Waals surface area contributed by atoms with Crippen LogP contribution in [0.3, 0.4) is 0 Å². The molecule has 0 spiro atoms. The maximum atomic E-state index is 13.4. The Balaban J connectivity index is 3.33. The van der Waals surface area contributed by atoms with Crippen LogP contribution in [0.2, 0.25) is 0 Å². The molecule has 1 aliphatic heterocycles. The Kier molecular flexibility index (Phi) is 4.05. The molecule has 0 aromatic carbocycles. The van der Waals surface area contributed by atoms with Crippen LogP contribution in [0, 0.1) is 0 Å². The van der Waals surface area contributed by atoms with Crippen molar-refractivity contribution in [1.29, 1.82) is 0 Å². The SMILES string of the molecule is OCC1OC(O)C(O)(C(F)(F)C(F)(F)C(F)(F)F)C1O. The van der Waals surface area contributed by atoms with E-state index >= 15 is 0 Å².